The lowest BCUT2D eigenvalue weighted by atomic mass is 10.1. The lowest BCUT2D eigenvalue weighted by Crippen LogP contribution is -2.54. The molecule has 216 valence electrons. The zero-order valence-electron chi connectivity index (χ0n) is 22.0. The first-order chi connectivity index (χ1) is 20.0. The zero-order valence-corrected chi connectivity index (χ0v) is 24.1. The van der Waals surface area contributed by atoms with Gasteiger partial charge in [-0.15, -0.1) is 0 Å². The summed E-state index contributed by atoms with van der Waals surface area (Å²) in [5, 5.41) is 24.8. The molecule has 4 rings (SSSR count). The molecule has 1 saturated heterocycles. The van der Waals surface area contributed by atoms with E-state index in [-0.39, 0.29) is 35.1 Å². The largest absolute Gasteiger partial charge is 0.494 e. The summed E-state index contributed by atoms with van der Waals surface area (Å²) in [6.45, 7) is 4.10. The molecule has 15 heteroatoms. The van der Waals surface area contributed by atoms with Gasteiger partial charge in [-0.3, -0.25) is 35.1 Å². The Bertz CT molecular complexity index is 1640. The summed E-state index contributed by atoms with van der Waals surface area (Å²) in [6.07, 6.45) is 1.27. The quantitative estimate of drug-likeness (QED) is 0.0957. The fourth-order valence-corrected chi connectivity index (χ4v) is 4.64. The Morgan fingerprint density at radius 2 is 1.60 bits per heavy atom. The van der Waals surface area contributed by atoms with E-state index in [9.17, 15) is 34.6 Å². The van der Waals surface area contributed by atoms with Gasteiger partial charge in [0.1, 0.15) is 11.3 Å². The minimum Gasteiger partial charge on any atom is -0.494 e. The van der Waals surface area contributed by atoms with E-state index in [4.69, 9.17) is 14.2 Å². The number of rotatable bonds is 10. The van der Waals surface area contributed by atoms with Crippen LogP contribution in [-0.4, -0.2) is 40.9 Å². The van der Waals surface area contributed by atoms with E-state index in [0.717, 1.165) is 23.1 Å². The fourth-order valence-electron chi connectivity index (χ4n) is 3.91. The molecular weight excluding hydrogens is 667 g/mol. The molecule has 0 spiro atoms. The number of nitrogens with one attached hydrogen (secondary N) is 1. The van der Waals surface area contributed by atoms with Crippen LogP contribution in [0.5, 0.6) is 23.0 Å². The Kier molecular flexibility index (Phi) is 8.99. The molecule has 1 fully saturated rings. The van der Waals surface area contributed by atoms with E-state index < -0.39 is 39.1 Å². The van der Waals surface area contributed by atoms with Crippen LogP contribution in [0.2, 0.25) is 0 Å². The number of benzene rings is 3. The van der Waals surface area contributed by atoms with E-state index in [1.54, 1.807) is 19.1 Å². The monoisotopic (exact) mass is 688 g/mol. The number of hydrogen-bond donors (Lipinski definition) is 1. The number of amides is 4. The van der Waals surface area contributed by atoms with Crippen molar-refractivity contribution in [3.63, 3.8) is 0 Å². The maximum atomic E-state index is 13.3. The van der Waals surface area contributed by atoms with Gasteiger partial charge in [0, 0.05) is 6.07 Å². The number of carbonyl (C=O) groups excluding carboxylic acids is 3. The van der Waals surface area contributed by atoms with Crippen molar-refractivity contribution in [2.75, 3.05) is 18.1 Å². The Hall–Kier alpha value is -5.06. The van der Waals surface area contributed by atoms with Crippen molar-refractivity contribution in [2.24, 2.45) is 0 Å². The summed E-state index contributed by atoms with van der Waals surface area (Å²) in [5.74, 6) is -1.29. The number of anilines is 1. The van der Waals surface area contributed by atoms with Crippen LogP contribution in [0.3, 0.4) is 0 Å². The summed E-state index contributed by atoms with van der Waals surface area (Å²) in [4.78, 5) is 60.5. The second-order valence-electron chi connectivity index (χ2n) is 8.42. The summed E-state index contributed by atoms with van der Waals surface area (Å²) in [7, 11) is 0. The number of nitrogens with zero attached hydrogens (tertiary/aromatic N) is 3. The topological polar surface area (TPSA) is 180 Å². The average Bonchev–Trinajstić information content (AvgIpc) is 2.94. The van der Waals surface area contributed by atoms with Crippen LogP contribution in [0.25, 0.3) is 6.08 Å². The summed E-state index contributed by atoms with van der Waals surface area (Å²) < 4.78 is 17.2. The standard InChI is InChI=1S/C27H21IN4O10/c1-3-40-18-8-5-16(6-9-18)30-26(34)19(25(33)29-27(30)35)11-15-12-20(28)24(23(13-15)41-4-2)42-22-10-7-17(31(36)37)14-21(22)32(38)39/h5-14H,3-4H2,1-2H3,(H,29,33,35)/b19-11+. The van der Waals surface area contributed by atoms with Crippen molar-refractivity contribution in [3.05, 3.63) is 89.5 Å². The van der Waals surface area contributed by atoms with E-state index in [1.807, 2.05) is 29.5 Å². The van der Waals surface area contributed by atoms with Gasteiger partial charge in [-0.05, 0) is 90.5 Å². The SMILES string of the molecule is CCOc1ccc(N2C(=O)NC(=O)/C(=C\c3cc(I)c(Oc4ccc([N+](=O)[O-])cc4[N+](=O)[O-])c(OCC)c3)C2=O)cc1. The number of urea groups is 1. The second-order valence-corrected chi connectivity index (χ2v) is 9.58. The number of halogens is 1. The number of barbiturate groups is 1. The van der Waals surface area contributed by atoms with Gasteiger partial charge in [0.25, 0.3) is 17.5 Å². The van der Waals surface area contributed by atoms with Crippen LogP contribution in [0.15, 0.2) is 60.2 Å². The maximum Gasteiger partial charge on any atom is 0.335 e. The Balaban J connectivity index is 1.71. The number of non-ortho nitro benzene ring substituents is 1. The number of imide groups is 2. The summed E-state index contributed by atoms with van der Waals surface area (Å²) in [5.41, 5.74) is -0.896. The Labute approximate surface area is 251 Å². The molecule has 0 unspecified atom stereocenters. The third-order valence-electron chi connectivity index (χ3n) is 5.71. The van der Waals surface area contributed by atoms with E-state index in [0.29, 0.717) is 21.5 Å². The predicted molar refractivity (Wildman–Crippen MR) is 157 cm³/mol. The van der Waals surface area contributed by atoms with Gasteiger partial charge < -0.3 is 14.2 Å². The minimum absolute atomic E-state index is 0.0715. The molecule has 0 aliphatic carbocycles. The van der Waals surface area contributed by atoms with Crippen LogP contribution < -0.4 is 24.4 Å². The van der Waals surface area contributed by atoms with Gasteiger partial charge in [-0.2, -0.15) is 0 Å². The third-order valence-corrected chi connectivity index (χ3v) is 6.51. The number of ether oxygens (including phenoxy) is 3. The second kappa shape index (κ2) is 12.6. The molecule has 42 heavy (non-hydrogen) atoms. The first kappa shape index (κ1) is 29.9. The molecule has 1 aliphatic heterocycles. The summed E-state index contributed by atoms with van der Waals surface area (Å²) >= 11 is 1.88. The van der Waals surface area contributed by atoms with Crippen molar-refractivity contribution >= 4 is 63.6 Å². The zero-order chi connectivity index (χ0) is 30.6. The molecule has 0 aromatic heterocycles. The fraction of sp³-hybridized carbons (Fsp3) is 0.148. The highest BCUT2D eigenvalue weighted by atomic mass is 127. The molecule has 1 heterocycles. The third kappa shape index (κ3) is 6.30. The number of hydrogen-bond acceptors (Lipinski definition) is 10. The highest BCUT2D eigenvalue weighted by molar-refractivity contribution is 14.1. The number of nitro groups is 2. The van der Waals surface area contributed by atoms with Crippen LogP contribution in [0, 0.1) is 23.8 Å². The lowest BCUT2D eigenvalue weighted by molar-refractivity contribution is -0.394. The van der Waals surface area contributed by atoms with Crippen LogP contribution in [0.4, 0.5) is 21.9 Å². The predicted octanol–water partition coefficient (Wildman–Crippen LogP) is 5.36. The molecule has 0 radical (unpaired) electrons. The van der Waals surface area contributed by atoms with Crippen molar-refractivity contribution in [1.82, 2.24) is 5.32 Å². The van der Waals surface area contributed by atoms with Gasteiger partial charge in [0.05, 0.1) is 38.4 Å². The van der Waals surface area contributed by atoms with E-state index >= 15 is 0 Å². The molecule has 0 atom stereocenters. The van der Waals surface area contributed by atoms with Crippen molar-refractivity contribution in [1.29, 1.82) is 0 Å². The van der Waals surface area contributed by atoms with Crippen molar-refractivity contribution in [2.45, 2.75) is 13.8 Å². The Morgan fingerprint density at radius 3 is 2.21 bits per heavy atom. The first-order valence-electron chi connectivity index (χ1n) is 12.2. The smallest absolute Gasteiger partial charge is 0.335 e. The maximum absolute atomic E-state index is 13.3. The van der Waals surface area contributed by atoms with Crippen LogP contribution >= 0.6 is 22.6 Å². The lowest BCUT2D eigenvalue weighted by Gasteiger charge is -2.26. The Morgan fingerprint density at radius 1 is 0.905 bits per heavy atom. The molecule has 4 amide bonds. The highest BCUT2D eigenvalue weighted by Gasteiger charge is 2.37. The normalized spacial score (nSPS) is 14.0. The molecular formula is C27H21IN4O10. The molecule has 3 aromatic carbocycles. The van der Waals surface area contributed by atoms with Crippen molar-refractivity contribution in [3.8, 4) is 23.0 Å². The van der Waals surface area contributed by atoms with Gasteiger partial charge in [-0.1, -0.05) is 0 Å². The highest BCUT2D eigenvalue weighted by Crippen LogP contribution is 2.42. The molecule has 1 N–H and O–H groups in total. The van der Waals surface area contributed by atoms with Crippen LogP contribution in [0.1, 0.15) is 19.4 Å². The summed E-state index contributed by atoms with van der Waals surface area (Å²) in [6, 6.07) is 11.2. The van der Waals surface area contributed by atoms with Gasteiger partial charge in [0.15, 0.2) is 11.5 Å². The molecule has 0 bridgehead atoms. The van der Waals surface area contributed by atoms with Gasteiger partial charge in [-0.25, -0.2) is 9.69 Å². The van der Waals surface area contributed by atoms with Gasteiger partial charge in [0.2, 0.25) is 5.75 Å². The molecule has 1 aliphatic rings. The molecule has 14 nitrogen and oxygen atoms in total. The minimum atomic E-state index is -0.913. The number of nitro benzene ring substituents is 2. The molecule has 3 aromatic rings. The van der Waals surface area contributed by atoms with E-state index in [2.05, 4.69) is 5.32 Å². The van der Waals surface area contributed by atoms with Crippen LogP contribution in [-0.2, 0) is 9.59 Å². The first-order valence-corrected chi connectivity index (χ1v) is 13.3. The molecule has 0 saturated carbocycles. The van der Waals surface area contributed by atoms with Gasteiger partial charge >= 0.3 is 11.7 Å². The average molecular weight is 688 g/mol. The number of carbonyl (C=O) groups is 3. The van der Waals surface area contributed by atoms with E-state index in [1.165, 1.54) is 30.3 Å². The van der Waals surface area contributed by atoms with Crippen molar-refractivity contribution < 1.29 is 38.4 Å².